The predicted octanol–water partition coefficient (Wildman–Crippen LogP) is 2.14. The van der Waals surface area contributed by atoms with Gasteiger partial charge in [0.15, 0.2) is 5.65 Å². The summed E-state index contributed by atoms with van der Waals surface area (Å²) in [7, 11) is 0. The molecule has 1 aromatic carbocycles. The van der Waals surface area contributed by atoms with Crippen LogP contribution in [0.1, 0.15) is 31.1 Å². The number of amides is 1. The van der Waals surface area contributed by atoms with Crippen LogP contribution >= 0.6 is 0 Å². The first kappa shape index (κ1) is 17.7. The number of benzene rings is 1. The Kier molecular flexibility index (Phi) is 4.79. The molecule has 1 amide bonds. The lowest BCUT2D eigenvalue weighted by atomic mass is 10.1. The summed E-state index contributed by atoms with van der Waals surface area (Å²) in [5.41, 5.74) is 1.70. The summed E-state index contributed by atoms with van der Waals surface area (Å²) < 4.78 is 2.95. The molecule has 0 saturated carbocycles. The number of pyridine rings is 1. The van der Waals surface area contributed by atoms with E-state index in [-0.39, 0.29) is 17.1 Å². The van der Waals surface area contributed by atoms with Gasteiger partial charge in [-0.15, -0.1) is 5.10 Å². The van der Waals surface area contributed by atoms with Gasteiger partial charge in [-0.1, -0.05) is 6.07 Å². The molecule has 0 spiro atoms. The number of anilines is 1. The van der Waals surface area contributed by atoms with Crippen molar-refractivity contribution in [2.45, 2.75) is 32.9 Å². The summed E-state index contributed by atoms with van der Waals surface area (Å²) in [6.45, 7) is 6.84. The topological polar surface area (TPSA) is 80.4 Å². The van der Waals surface area contributed by atoms with Crippen LogP contribution in [0.5, 0.6) is 0 Å². The average Bonchev–Trinajstić information content (AvgIpc) is 2.90. The van der Waals surface area contributed by atoms with Crippen molar-refractivity contribution in [1.29, 1.82) is 0 Å². The quantitative estimate of drug-likeness (QED) is 0.736. The first-order valence-corrected chi connectivity index (χ1v) is 8.54. The molecule has 0 unspecified atom stereocenters. The number of nitrogens with zero attached hydrogens (tertiary/aromatic N) is 3. The molecular formula is C19H23N5O2. The molecule has 0 bridgehead atoms. The van der Waals surface area contributed by atoms with Crippen LogP contribution in [0.3, 0.4) is 0 Å². The molecule has 2 N–H and O–H groups in total. The van der Waals surface area contributed by atoms with Crippen LogP contribution in [0.15, 0.2) is 53.5 Å². The molecule has 0 radical (unpaired) electrons. The second kappa shape index (κ2) is 7.03. The van der Waals surface area contributed by atoms with Gasteiger partial charge in [0.05, 0.1) is 6.54 Å². The van der Waals surface area contributed by atoms with Crippen LogP contribution in [0, 0.1) is 0 Å². The Morgan fingerprint density at radius 3 is 2.50 bits per heavy atom. The van der Waals surface area contributed by atoms with E-state index in [1.54, 1.807) is 30.5 Å². The lowest BCUT2D eigenvalue weighted by molar-refractivity contribution is 0.0919. The summed E-state index contributed by atoms with van der Waals surface area (Å²) in [6, 6.07) is 12.7. The second-order valence-corrected chi connectivity index (χ2v) is 7.14. The van der Waals surface area contributed by atoms with E-state index < -0.39 is 0 Å². The number of nitrogens with one attached hydrogen (secondary N) is 2. The fourth-order valence-electron chi connectivity index (χ4n) is 2.57. The Labute approximate surface area is 151 Å². The molecule has 2 aromatic heterocycles. The number of hydrogen-bond donors (Lipinski definition) is 2. The predicted molar refractivity (Wildman–Crippen MR) is 102 cm³/mol. The molecule has 0 fully saturated rings. The summed E-state index contributed by atoms with van der Waals surface area (Å²) in [5.74, 6) is -0.0969. The lowest BCUT2D eigenvalue weighted by Crippen LogP contribution is -2.40. The van der Waals surface area contributed by atoms with Crippen molar-refractivity contribution in [3.8, 4) is 0 Å². The van der Waals surface area contributed by atoms with Gasteiger partial charge in [-0.3, -0.25) is 9.20 Å². The Balaban J connectivity index is 1.59. The molecule has 0 saturated heterocycles. The number of carbonyl (C=O) groups is 1. The van der Waals surface area contributed by atoms with Crippen molar-refractivity contribution < 1.29 is 4.79 Å². The zero-order valence-electron chi connectivity index (χ0n) is 15.2. The highest BCUT2D eigenvalue weighted by Crippen LogP contribution is 2.11. The van der Waals surface area contributed by atoms with Crippen molar-refractivity contribution in [3.63, 3.8) is 0 Å². The number of rotatable bonds is 5. The summed E-state index contributed by atoms with van der Waals surface area (Å²) >= 11 is 0. The standard InChI is InChI=1S/C19H23N5O2/c1-19(2,3)21-17(25)14-7-9-15(10-8-14)20-11-13-24-18(26)23-12-5-4-6-16(23)22-24/h4-10,12,20H,11,13H2,1-3H3,(H,21,25). The van der Waals surface area contributed by atoms with E-state index in [4.69, 9.17) is 0 Å². The SMILES string of the molecule is CC(C)(C)NC(=O)c1ccc(NCCn2nc3ccccn3c2=O)cc1. The Morgan fingerprint density at radius 1 is 1.12 bits per heavy atom. The maximum absolute atomic E-state index is 12.2. The number of aromatic nitrogens is 3. The van der Waals surface area contributed by atoms with Crippen molar-refractivity contribution >= 4 is 17.2 Å². The smallest absolute Gasteiger partial charge is 0.350 e. The molecule has 7 heteroatoms. The van der Waals surface area contributed by atoms with Gasteiger partial charge in [0, 0.05) is 29.5 Å². The third-order valence-corrected chi connectivity index (χ3v) is 3.78. The Morgan fingerprint density at radius 2 is 1.85 bits per heavy atom. The number of hydrogen-bond acceptors (Lipinski definition) is 4. The van der Waals surface area contributed by atoms with Crippen LogP contribution < -0.4 is 16.3 Å². The van der Waals surface area contributed by atoms with Crippen LogP contribution in [-0.2, 0) is 6.54 Å². The van der Waals surface area contributed by atoms with Crippen LogP contribution in [0.4, 0.5) is 5.69 Å². The van der Waals surface area contributed by atoms with Gasteiger partial charge < -0.3 is 10.6 Å². The summed E-state index contributed by atoms with van der Waals surface area (Å²) in [4.78, 5) is 24.3. The first-order chi connectivity index (χ1) is 12.3. The van der Waals surface area contributed by atoms with E-state index in [2.05, 4.69) is 15.7 Å². The fourth-order valence-corrected chi connectivity index (χ4v) is 2.57. The van der Waals surface area contributed by atoms with E-state index in [0.29, 0.717) is 24.3 Å². The van der Waals surface area contributed by atoms with E-state index in [1.165, 1.54) is 9.08 Å². The summed E-state index contributed by atoms with van der Waals surface area (Å²) in [5, 5.41) is 10.5. The zero-order chi connectivity index (χ0) is 18.7. The maximum atomic E-state index is 12.2. The minimum absolute atomic E-state index is 0.0969. The fraction of sp³-hybridized carbons (Fsp3) is 0.316. The van der Waals surface area contributed by atoms with Crippen molar-refractivity contribution in [2.24, 2.45) is 0 Å². The van der Waals surface area contributed by atoms with Crippen LogP contribution in [0.2, 0.25) is 0 Å². The monoisotopic (exact) mass is 353 g/mol. The summed E-state index contributed by atoms with van der Waals surface area (Å²) in [6.07, 6.45) is 1.70. The van der Waals surface area contributed by atoms with Crippen LogP contribution in [-0.4, -0.2) is 32.2 Å². The van der Waals surface area contributed by atoms with E-state index >= 15 is 0 Å². The first-order valence-electron chi connectivity index (χ1n) is 8.54. The highest BCUT2D eigenvalue weighted by molar-refractivity contribution is 5.94. The van der Waals surface area contributed by atoms with E-state index in [9.17, 15) is 9.59 Å². The van der Waals surface area contributed by atoms with Crippen LogP contribution in [0.25, 0.3) is 5.65 Å². The third kappa shape index (κ3) is 4.11. The van der Waals surface area contributed by atoms with Crippen molar-refractivity contribution in [1.82, 2.24) is 19.5 Å². The highest BCUT2D eigenvalue weighted by Gasteiger charge is 2.15. The molecule has 3 aromatic rings. The molecular weight excluding hydrogens is 330 g/mol. The largest absolute Gasteiger partial charge is 0.383 e. The molecule has 26 heavy (non-hydrogen) atoms. The lowest BCUT2D eigenvalue weighted by Gasteiger charge is -2.20. The highest BCUT2D eigenvalue weighted by atomic mass is 16.2. The van der Waals surface area contributed by atoms with Gasteiger partial charge in [0.2, 0.25) is 0 Å². The molecule has 136 valence electrons. The minimum Gasteiger partial charge on any atom is -0.383 e. The van der Waals surface area contributed by atoms with Crippen molar-refractivity contribution in [2.75, 3.05) is 11.9 Å². The number of carbonyl (C=O) groups excluding carboxylic acids is 1. The second-order valence-electron chi connectivity index (χ2n) is 7.14. The third-order valence-electron chi connectivity index (χ3n) is 3.78. The minimum atomic E-state index is -0.268. The normalized spacial score (nSPS) is 11.5. The van der Waals surface area contributed by atoms with Gasteiger partial charge >= 0.3 is 5.69 Å². The van der Waals surface area contributed by atoms with Gasteiger partial charge in [0.1, 0.15) is 0 Å². The molecule has 0 aliphatic carbocycles. The van der Waals surface area contributed by atoms with Crippen molar-refractivity contribution in [3.05, 3.63) is 64.7 Å². The van der Waals surface area contributed by atoms with E-state index in [0.717, 1.165) is 5.69 Å². The molecule has 0 atom stereocenters. The van der Waals surface area contributed by atoms with Gasteiger partial charge in [0.25, 0.3) is 5.91 Å². The molecule has 3 rings (SSSR count). The van der Waals surface area contributed by atoms with Gasteiger partial charge in [-0.2, -0.15) is 0 Å². The Bertz CT molecular complexity index is 964. The molecule has 0 aliphatic rings. The molecule has 7 nitrogen and oxygen atoms in total. The molecule has 0 aliphatic heterocycles. The number of fused-ring (bicyclic) bond motifs is 1. The van der Waals surface area contributed by atoms with E-state index in [1.807, 2.05) is 39.0 Å². The zero-order valence-corrected chi connectivity index (χ0v) is 15.2. The van der Waals surface area contributed by atoms with Gasteiger partial charge in [-0.25, -0.2) is 9.48 Å². The Hall–Kier alpha value is -3.09. The molecule has 2 heterocycles. The van der Waals surface area contributed by atoms with Gasteiger partial charge in [-0.05, 0) is 57.2 Å². The average molecular weight is 353 g/mol. The maximum Gasteiger partial charge on any atom is 0.350 e.